The Balaban J connectivity index is 1.86. The van der Waals surface area contributed by atoms with Gasteiger partial charge in [0.05, 0.1) is 12.5 Å². The highest BCUT2D eigenvalue weighted by molar-refractivity contribution is 7.19. The van der Waals surface area contributed by atoms with Crippen molar-refractivity contribution in [1.82, 2.24) is 9.66 Å². The van der Waals surface area contributed by atoms with E-state index in [1.54, 1.807) is 25.4 Å². The van der Waals surface area contributed by atoms with Crippen LogP contribution in [0, 0.1) is 6.92 Å². The van der Waals surface area contributed by atoms with E-state index in [4.69, 9.17) is 10.6 Å². The van der Waals surface area contributed by atoms with Crippen molar-refractivity contribution in [2.24, 2.45) is 0 Å². The molecule has 5 nitrogen and oxygen atoms in total. The standard InChI is InChI=1S/C22H23N3O2S/c1-13-24-20-18(21(26)25(13)23)16-11-14(12-22(2,3)19(16)28-20)9-10-15-7-5-6-8-17(15)27-4/h5-11H,12,23H2,1-4H3/b10-9+. The van der Waals surface area contributed by atoms with Gasteiger partial charge in [0.2, 0.25) is 0 Å². The summed E-state index contributed by atoms with van der Waals surface area (Å²) < 4.78 is 6.57. The van der Waals surface area contributed by atoms with Gasteiger partial charge < -0.3 is 10.6 Å². The molecule has 0 atom stereocenters. The first-order chi connectivity index (χ1) is 13.3. The summed E-state index contributed by atoms with van der Waals surface area (Å²) in [7, 11) is 1.67. The lowest BCUT2D eigenvalue weighted by Crippen LogP contribution is -2.30. The lowest BCUT2D eigenvalue weighted by Gasteiger charge is -2.29. The van der Waals surface area contributed by atoms with E-state index in [2.05, 4.69) is 37.1 Å². The Labute approximate surface area is 167 Å². The molecule has 1 aliphatic rings. The Hall–Kier alpha value is -2.86. The zero-order chi connectivity index (χ0) is 20.1. The Kier molecular flexibility index (Phi) is 4.38. The molecule has 2 N–H and O–H groups in total. The van der Waals surface area contributed by atoms with Crippen LogP contribution in [0.1, 0.15) is 42.1 Å². The van der Waals surface area contributed by atoms with Gasteiger partial charge in [0.25, 0.3) is 5.56 Å². The molecule has 0 fully saturated rings. The van der Waals surface area contributed by atoms with Crippen molar-refractivity contribution >= 4 is 33.7 Å². The molecule has 2 aromatic heterocycles. The molecule has 0 aliphatic heterocycles. The predicted octanol–water partition coefficient (Wildman–Crippen LogP) is 4.27. The summed E-state index contributed by atoms with van der Waals surface area (Å²) in [6.07, 6.45) is 7.15. The largest absolute Gasteiger partial charge is 0.496 e. The van der Waals surface area contributed by atoms with E-state index in [1.165, 1.54) is 4.88 Å². The van der Waals surface area contributed by atoms with E-state index in [0.717, 1.165) is 38.4 Å². The SMILES string of the molecule is COc1ccccc1/C=C/C1=Cc2c(sc3nc(C)n(N)c(=O)c23)C(C)(C)C1. The second kappa shape index (κ2) is 6.63. The quantitative estimate of drug-likeness (QED) is 0.675. The molecule has 0 spiro atoms. The summed E-state index contributed by atoms with van der Waals surface area (Å²) in [4.78, 5) is 19.3. The van der Waals surface area contributed by atoms with Crippen LogP contribution in [0.15, 0.2) is 40.7 Å². The van der Waals surface area contributed by atoms with E-state index in [0.29, 0.717) is 11.2 Å². The minimum absolute atomic E-state index is 0.0876. The van der Waals surface area contributed by atoms with Gasteiger partial charge >= 0.3 is 0 Å². The van der Waals surface area contributed by atoms with Gasteiger partial charge in [-0.05, 0) is 31.1 Å². The maximum absolute atomic E-state index is 12.8. The summed E-state index contributed by atoms with van der Waals surface area (Å²) in [6, 6.07) is 7.91. The molecule has 1 aromatic carbocycles. The first-order valence-corrected chi connectivity index (χ1v) is 9.97. The number of fused-ring (bicyclic) bond motifs is 3. The first kappa shape index (κ1) is 18.5. The summed E-state index contributed by atoms with van der Waals surface area (Å²) in [5, 5.41) is 0.615. The molecule has 0 unspecified atom stereocenters. The van der Waals surface area contributed by atoms with Crippen molar-refractivity contribution < 1.29 is 4.74 Å². The van der Waals surface area contributed by atoms with Gasteiger partial charge in [-0.15, -0.1) is 11.3 Å². The van der Waals surface area contributed by atoms with Crippen LogP contribution in [0.2, 0.25) is 0 Å². The number of allylic oxidation sites excluding steroid dienone is 2. The molecule has 0 amide bonds. The zero-order valence-corrected chi connectivity index (χ0v) is 17.3. The lowest BCUT2D eigenvalue weighted by molar-refractivity contribution is 0.414. The number of rotatable bonds is 3. The number of hydrogen-bond donors (Lipinski definition) is 1. The van der Waals surface area contributed by atoms with Crippen molar-refractivity contribution in [2.45, 2.75) is 32.6 Å². The van der Waals surface area contributed by atoms with Gasteiger partial charge in [-0.2, -0.15) is 0 Å². The highest BCUT2D eigenvalue weighted by Crippen LogP contribution is 2.45. The van der Waals surface area contributed by atoms with E-state index in [1.807, 2.05) is 24.3 Å². The van der Waals surface area contributed by atoms with Crippen LogP contribution in [0.5, 0.6) is 5.75 Å². The van der Waals surface area contributed by atoms with Gasteiger partial charge in [-0.25, -0.2) is 9.66 Å². The number of nitrogen functional groups attached to an aromatic ring is 1. The molecular formula is C22H23N3O2S. The minimum atomic E-state index is -0.193. The Morgan fingerprint density at radius 1 is 1.29 bits per heavy atom. The average Bonchev–Trinajstić information content (AvgIpc) is 3.03. The Morgan fingerprint density at radius 2 is 2.04 bits per heavy atom. The molecule has 28 heavy (non-hydrogen) atoms. The molecule has 144 valence electrons. The number of thiophene rings is 1. The van der Waals surface area contributed by atoms with Crippen LogP contribution < -0.4 is 16.1 Å². The van der Waals surface area contributed by atoms with Crippen LogP contribution in [0.3, 0.4) is 0 Å². The molecule has 4 rings (SSSR count). The number of ether oxygens (including phenoxy) is 1. The monoisotopic (exact) mass is 393 g/mol. The summed E-state index contributed by atoms with van der Waals surface area (Å²) in [5.74, 6) is 7.26. The molecule has 0 radical (unpaired) electrons. The van der Waals surface area contributed by atoms with Gasteiger partial charge in [0, 0.05) is 21.4 Å². The second-order valence-corrected chi connectivity index (χ2v) is 8.71. The van der Waals surface area contributed by atoms with Gasteiger partial charge in [-0.3, -0.25) is 4.79 Å². The van der Waals surface area contributed by atoms with E-state index in [-0.39, 0.29) is 11.0 Å². The van der Waals surface area contributed by atoms with Gasteiger partial charge in [0.1, 0.15) is 16.4 Å². The first-order valence-electron chi connectivity index (χ1n) is 9.15. The van der Waals surface area contributed by atoms with Crippen LogP contribution in [0.4, 0.5) is 0 Å². The van der Waals surface area contributed by atoms with Crippen LogP contribution in [-0.2, 0) is 5.41 Å². The van der Waals surface area contributed by atoms with Gasteiger partial charge in [0.15, 0.2) is 0 Å². The average molecular weight is 394 g/mol. The third kappa shape index (κ3) is 2.94. The van der Waals surface area contributed by atoms with E-state index in [9.17, 15) is 4.79 Å². The third-order valence-corrected chi connectivity index (χ3v) is 6.64. The molecule has 0 bridgehead atoms. The van der Waals surface area contributed by atoms with Crippen molar-refractivity contribution in [2.75, 3.05) is 13.0 Å². The van der Waals surface area contributed by atoms with Crippen molar-refractivity contribution in [3.05, 3.63) is 68.1 Å². The second-order valence-electron chi connectivity index (χ2n) is 7.71. The van der Waals surface area contributed by atoms with Crippen molar-refractivity contribution in [1.29, 1.82) is 0 Å². The topological polar surface area (TPSA) is 70.1 Å². The van der Waals surface area contributed by atoms with E-state index >= 15 is 0 Å². The lowest BCUT2D eigenvalue weighted by atomic mass is 9.77. The molecule has 0 saturated heterocycles. The molecule has 3 aromatic rings. The normalized spacial score (nSPS) is 15.6. The van der Waals surface area contributed by atoms with Crippen LogP contribution in [-0.4, -0.2) is 16.8 Å². The number of hydrogen-bond acceptors (Lipinski definition) is 5. The maximum atomic E-state index is 12.8. The molecule has 6 heteroatoms. The zero-order valence-electron chi connectivity index (χ0n) is 16.4. The molecular weight excluding hydrogens is 370 g/mol. The summed E-state index contributed by atoms with van der Waals surface area (Å²) in [5.41, 5.74) is 2.85. The number of para-hydroxylation sites is 1. The number of methoxy groups -OCH3 is 1. The smallest absolute Gasteiger partial charge is 0.281 e. The minimum Gasteiger partial charge on any atom is -0.496 e. The highest BCUT2D eigenvalue weighted by atomic mass is 32.1. The molecule has 1 aliphatic carbocycles. The van der Waals surface area contributed by atoms with Crippen LogP contribution >= 0.6 is 11.3 Å². The fraction of sp³-hybridized carbons (Fsp3) is 0.273. The molecule has 0 saturated carbocycles. The maximum Gasteiger partial charge on any atom is 0.281 e. The highest BCUT2D eigenvalue weighted by Gasteiger charge is 2.32. The third-order valence-electron chi connectivity index (χ3n) is 5.18. The van der Waals surface area contributed by atoms with E-state index < -0.39 is 0 Å². The van der Waals surface area contributed by atoms with Gasteiger partial charge in [-0.1, -0.05) is 44.2 Å². The number of nitrogens with zero attached hydrogens (tertiary/aromatic N) is 2. The van der Waals surface area contributed by atoms with Crippen molar-refractivity contribution in [3.8, 4) is 5.75 Å². The fourth-order valence-corrected chi connectivity index (χ4v) is 5.05. The fourth-order valence-electron chi connectivity index (χ4n) is 3.76. The summed E-state index contributed by atoms with van der Waals surface area (Å²) in [6.45, 7) is 6.17. The van der Waals surface area contributed by atoms with Crippen LogP contribution in [0.25, 0.3) is 22.4 Å². The predicted molar refractivity (Wildman–Crippen MR) is 116 cm³/mol. The number of benzene rings is 1. The Bertz CT molecular complexity index is 1200. The summed E-state index contributed by atoms with van der Waals surface area (Å²) >= 11 is 1.60. The van der Waals surface area contributed by atoms with Crippen molar-refractivity contribution in [3.63, 3.8) is 0 Å². The number of aromatic nitrogens is 2. The number of aryl methyl sites for hydroxylation is 1. The Morgan fingerprint density at radius 3 is 2.79 bits per heavy atom. The molecule has 2 heterocycles. The number of nitrogens with two attached hydrogens (primary N) is 1.